The predicted molar refractivity (Wildman–Crippen MR) is 124 cm³/mol. The van der Waals surface area contributed by atoms with E-state index in [-0.39, 0.29) is 35.1 Å². The Kier molecular flexibility index (Phi) is 5.23. The molecule has 4 rings (SSSR count). The van der Waals surface area contributed by atoms with Crippen molar-refractivity contribution in [3.8, 4) is 5.75 Å². The molecule has 4 nitrogen and oxygen atoms in total. The Morgan fingerprint density at radius 1 is 1.03 bits per heavy atom. The number of hydrogen-bond acceptors (Lipinski definition) is 4. The van der Waals surface area contributed by atoms with Crippen LogP contribution in [0.3, 0.4) is 0 Å². The van der Waals surface area contributed by atoms with Gasteiger partial charge in [-0.05, 0) is 81.7 Å². The van der Waals surface area contributed by atoms with E-state index in [0.717, 1.165) is 29.7 Å². The van der Waals surface area contributed by atoms with Crippen molar-refractivity contribution in [1.29, 1.82) is 0 Å². The van der Waals surface area contributed by atoms with E-state index in [0.29, 0.717) is 18.6 Å². The van der Waals surface area contributed by atoms with Crippen molar-refractivity contribution >= 4 is 28.2 Å². The van der Waals surface area contributed by atoms with Gasteiger partial charge in [-0.15, -0.1) is 0 Å². The monoisotopic (exact) mass is 444 g/mol. The molecule has 30 heavy (non-hydrogen) atoms. The highest BCUT2D eigenvalue weighted by molar-refractivity contribution is 6.70. The SMILES string of the molecule is C[C@]12CC(O[Si](C)(C)C)[C@@H]3c4ccc(O[Si](C)(C)C)cc4C(=O)C[C@H]3[C@@H]1CCC2=O. The molecule has 1 unspecified atom stereocenters. The number of carbonyl (C=O) groups excluding carboxylic acids is 2. The van der Waals surface area contributed by atoms with Gasteiger partial charge in [0.1, 0.15) is 11.5 Å². The lowest BCUT2D eigenvalue weighted by molar-refractivity contribution is -0.132. The van der Waals surface area contributed by atoms with Crippen LogP contribution in [0.2, 0.25) is 39.3 Å². The van der Waals surface area contributed by atoms with Gasteiger partial charge < -0.3 is 8.85 Å². The average molecular weight is 445 g/mol. The maximum Gasteiger partial charge on any atom is 0.242 e. The van der Waals surface area contributed by atoms with Crippen LogP contribution in [0.25, 0.3) is 0 Å². The van der Waals surface area contributed by atoms with Crippen molar-refractivity contribution in [3.63, 3.8) is 0 Å². The number of carbonyl (C=O) groups is 2. The molecular weight excluding hydrogens is 408 g/mol. The lowest BCUT2D eigenvalue weighted by atomic mass is 9.54. The first-order valence-corrected chi connectivity index (χ1v) is 18.2. The normalized spacial score (nSPS) is 33.7. The van der Waals surface area contributed by atoms with Crippen LogP contribution >= 0.6 is 0 Å². The summed E-state index contributed by atoms with van der Waals surface area (Å²) in [7, 11) is -3.56. The quantitative estimate of drug-likeness (QED) is 0.551. The number of rotatable bonds is 4. The van der Waals surface area contributed by atoms with E-state index in [2.05, 4.69) is 52.3 Å². The molecule has 5 atom stereocenters. The average Bonchev–Trinajstić information content (AvgIpc) is 2.87. The Labute approximate surface area is 183 Å². The van der Waals surface area contributed by atoms with Crippen LogP contribution in [0, 0.1) is 17.3 Å². The fourth-order valence-corrected chi connectivity index (χ4v) is 8.17. The molecule has 0 saturated heterocycles. The molecule has 0 radical (unpaired) electrons. The molecule has 6 heteroatoms. The minimum absolute atomic E-state index is 0.000533. The smallest absolute Gasteiger partial charge is 0.242 e. The van der Waals surface area contributed by atoms with E-state index in [9.17, 15) is 9.59 Å². The molecule has 3 aliphatic rings. The first kappa shape index (κ1) is 22.0. The maximum absolute atomic E-state index is 13.3. The van der Waals surface area contributed by atoms with Crippen molar-refractivity contribution in [3.05, 3.63) is 29.3 Å². The summed E-state index contributed by atoms with van der Waals surface area (Å²) in [5.74, 6) is 2.04. The van der Waals surface area contributed by atoms with Gasteiger partial charge in [0.2, 0.25) is 8.32 Å². The summed E-state index contributed by atoms with van der Waals surface area (Å²) in [4.78, 5) is 26.1. The summed E-state index contributed by atoms with van der Waals surface area (Å²) in [6, 6.07) is 6.11. The molecule has 3 aliphatic carbocycles. The van der Waals surface area contributed by atoms with Crippen LogP contribution in [0.5, 0.6) is 5.75 Å². The van der Waals surface area contributed by atoms with Crippen LogP contribution in [-0.2, 0) is 9.22 Å². The van der Waals surface area contributed by atoms with E-state index in [1.165, 1.54) is 0 Å². The summed E-state index contributed by atoms with van der Waals surface area (Å²) >= 11 is 0. The fourth-order valence-electron chi connectivity index (χ4n) is 6.20. The zero-order valence-electron chi connectivity index (χ0n) is 19.5. The molecule has 1 aromatic rings. The molecular formula is C24H36O4Si2. The van der Waals surface area contributed by atoms with Gasteiger partial charge >= 0.3 is 0 Å². The third kappa shape index (κ3) is 3.87. The standard InChI is InChI=1S/C24H36O4Si2/c1-24-14-21(28-30(5,6)7)23-16-9-8-15(27-29(2,3)4)12-17(16)20(25)13-18(23)19(24)10-11-22(24)26/h8-9,12,18-19,21,23H,10-11,13-14H2,1-7H3/t18-,19-,21?,23+,24-/m0/s1. The van der Waals surface area contributed by atoms with Crippen molar-refractivity contribution < 1.29 is 18.4 Å². The van der Waals surface area contributed by atoms with Crippen molar-refractivity contribution in [1.82, 2.24) is 0 Å². The second kappa shape index (κ2) is 7.14. The van der Waals surface area contributed by atoms with E-state index in [1.54, 1.807) is 0 Å². The summed E-state index contributed by atoms with van der Waals surface area (Å²) in [6.45, 7) is 15.2. The second-order valence-corrected chi connectivity index (χ2v) is 20.6. The molecule has 0 bridgehead atoms. The van der Waals surface area contributed by atoms with Gasteiger partial charge in [0.05, 0.1) is 6.10 Å². The lowest BCUT2D eigenvalue weighted by Gasteiger charge is -2.52. The van der Waals surface area contributed by atoms with E-state index in [4.69, 9.17) is 8.85 Å². The third-order valence-electron chi connectivity index (χ3n) is 7.18. The highest BCUT2D eigenvalue weighted by atomic mass is 28.4. The lowest BCUT2D eigenvalue weighted by Crippen LogP contribution is -2.52. The Bertz CT molecular complexity index is 882. The Morgan fingerprint density at radius 3 is 2.37 bits per heavy atom. The van der Waals surface area contributed by atoms with Crippen LogP contribution in [0.4, 0.5) is 0 Å². The van der Waals surface area contributed by atoms with Gasteiger partial charge in [-0.2, -0.15) is 0 Å². The molecule has 164 valence electrons. The number of ketones is 2. The van der Waals surface area contributed by atoms with Gasteiger partial charge in [0.15, 0.2) is 14.1 Å². The van der Waals surface area contributed by atoms with Crippen LogP contribution in [-0.4, -0.2) is 34.3 Å². The highest BCUT2D eigenvalue weighted by Crippen LogP contribution is 2.60. The van der Waals surface area contributed by atoms with Crippen molar-refractivity contribution in [2.45, 2.75) is 83.9 Å². The van der Waals surface area contributed by atoms with Gasteiger partial charge in [-0.1, -0.05) is 13.0 Å². The molecule has 0 amide bonds. The first-order valence-electron chi connectivity index (χ1n) is 11.4. The Morgan fingerprint density at radius 2 is 1.73 bits per heavy atom. The Balaban J connectivity index is 1.78. The molecule has 2 fully saturated rings. The van der Waals surface area contributed by atoms with Gasteiger partial charge in [0, 0.05) is 29.7 Å². The molecule has 2 saturated carbocycles. The summed E-state index contributed by atoms with van der Waals surface area (Å²) in [5.41, 5.74) is 1.58. The Hall–Kier alpha value is -1.25. The zero-order valence-corrected chi connectivity index (χ0v) is 21.5. The minimum atomic E-state index is -1.82. The third-order valence-corrected chi connectivity index (χ3v) is 9.03. The molecule has 0 aromatic heterocycles. The first-order chi connectivity index (χ1) is 13.8. The summed E-state index contributed by atoms with van der Waals surface area (Å²) in [6.07, 6.45) is 2.86. The van der Waals surface area contributed by atoms with Gasteiger partial charge in [-0.3, -0.25) is 9.59 Å². The number of fused-ring (bicyclic) bond motifs is 5. The summed E-state index contributed by atoms with van der Waals surface area (Å²) in [5, 5.41) is 0. The van der Waals surface area contributed by atoms with Crippen molar-refractivity contribution in [2.24, 2.45) is 17.3 Å². The number of benzene rings is 1. The van der Waals surface area contributed by atoms with Gasteiger partial charge in [-0.25, -0.2) is 0 Å². The van der Waals surface area contributed by atoms with Crippen LogP contribution < -0.4 is 4.43 Å². The predicted octanol–water partition coefficient (Wildman–Crippen LogP) is 5.80. The van der Waals surface area contributed by atoms with Crippen molar-refractivity contribution in [2.75, 3.05) is 0 Å². The van der Waals surface area contributed by atoms with Gasteiger partial charge in [0.25, 0.3) is 0 Å². The highest BCUT2D eigenvalue weighted by Gasteiger charge is 2.59. The zero-order chi connectivity index (χ0) is 22.1. The molecule has 0 heterocycles. The van der Waals surface area contributed by atoms with E-state index < -0.39 is 16.6 Å². The van der Waals surface area contributed by atoms with E-state index in [1.807, 2.05) is 12.1 Å². The molecule has 1 aromatic carbocycles. The fraction of sp³-hybridized carbons (Fsp3) is 0.667. The summed E-state index contributed by atoms with van der Waals surface area (Å²) < 4.78 is 12.9. The second-order valence-electron chi connectivity index (χ2n) is 11.7. The minimum Gasteiger partial charge on any atom is -0.544 e. The maximum atomic E-state index is 13.3. The van der Waals surface area contributed by atoms with Crippen LogP contribution in [0.15, 0.2) is 18.2 Å². The molecule has 0 spiro atoms. The number of Topliss-reactive ketones (excluding diaryl/α,β-unsaturated/α-hetero) is 2. The molecule has 0 aliphatic heterocycles. The van der Waals surface area contributed by atoms with E-state index >= 15 is 0 Å². The van der Waals surface area contributed by atoms with Crippen LogP contribution in [0.1, 0.15) is 54.4 Å². The largest absolute Gasteiger partial charge is 0.544 e. The number of hydrogen-bond donors (Lipinski definition) is 0. The topological polar surface area (TPSA) is 52.6 Å². The molecule has 0 N–H and O–H groups in total.